The fraction of sp³-hybridized carbons (Fsp3) is 0.200. The second kappa shape index (κ2) is 3.49. The van der Waals surface area contributed by atoms with Gasteiger partial charge in [-0.15, -0.1) is 0 Å². The highest BCUT2D eigenvalue weighted by molar-refractivity contribution is 5.72. The Hall–Kier alpha value is -1.84. The third-order valence-corrected chi connectivity index (χ3v) is 2.09. The molecule has 2 aromatic rings. The average molecular weight is 189 g/mol. The van der Waals surface area contributed by atoms with Gasteiger partial charge in [0.15, 0.2) is 6.29 Å². The highest BCUT2D eigenvalue weighted by Crippen LogP contribution is 2.03. The molecule has 0 fully saturated rings. The Morgan fingerprint density at radius 2 is 2.29 bits per heavy atom. The van der Waals surface area contributed by atoms with Crippen molar-refractivity contribution in [1.29, 1.82) is 0 Å². The van der Waals surface area contributed by atoms with Crippen LogP contribution in [0.5, 0.6) is 0 Å². The lowest BCUT2D eigenvalue weighted by Crippen LogP contribution is -2.03. The maximum absolute atomic E-state index is 10.6. The summed E-state index contributed by atoms with van der Waals surface area (Å²) in [6.45, 7) is 0.641. The van der Waals surface area contributed by atoms with Gasteiger partial charge in [-0.2, -0.15) is 5.10 Å². The Morgan fingerprint density at radius 1 is 1.43 bits per heavy atom. The molecule has 4 heteroatoms. The molecular weight excluding hydrogens is 178 g/mol. The van der Waals surface area contributed by atoms with Crippen molar-refractivity contribution in [2.75, 3.05) is 0 Å². The lowest BCUT2D eigenvalue weighted by Gasteiger charge is -2.01. The minimum atomic E-state index is 0.641. The molecule has 0 bridgehead atoms. The van der Waals surface area contributed by atoms with Gasteiger partial charge in [0.25, 0.3) is 0 Å². The van der Waals surface area contributed by atoms with Crippen LogP contribution in [0.1, 0.15) is 16.2 Å². The molecule has 0 spiro atoms. The molecule has 0 saturated heterocycles. The molecule has 0 N–H and O–H groups in total. The summed E-state index contributed by atoms with van der Waals surface area (Å²) >= 11 is 0. The molecule has 0 atom stereocenters. The number of hydrogen-bond acceptors (Lipinski definition) is 2. The molecule has 72 valence electrons. The van der Waals surface area contributed by atoms with Crippen molar-refractivity contribution in [1.82, 2.24) is 14.3 Å². The third-order valence-electron chi connectivity index (χ3n) is 2.09. The fourth-order valence-corrected chi connectivity index (χ4v) is 1.40. The molecule has 0 aliphatic carbocycles. The first-order valence-electron chi connectivity index (χ1n) is 4.38. The van der Waals surface area contributed by atoms with Gasteiger partial charge in [-0.1, -0.05) is 0 Å². The summed E-state index contributed by atoms with van der Waals surface area (Å²) in [5.74, 6) is 0. The third kappa shape index (κ3) is 1.59. The van der Waals surface area contributed by atoms with Gasteiger partial charge in [0.05, 0.1) is 17.9 Å². The first-order valence-corrected chi connectivity index (χ1v) is 4.38. The van der Waals surface area contributed by atoms with E-state index in [1.165, 1.54) is 0 Å². The molecule has 0 aliphatic rings. The first kappa shape index (κ1) is 8.74. The predicted molar refractivity (Wildman–Crippen MR) is 52.1 cm³/mol. The van der Waals surface area contributed by atoms with Gasteiger partial charge in [-0.3, -0.25) is 9.48 Å². The molecule has 2 heterocycles. The molecule has 14 heavy (non-hydrogen) atoms. The molecule has 0 aromatic carbocycles. The van der Waals surface area contributed by atoms with E-state index in [9.17, 15) is 4.79 Å². The standard InChI is InChI=1S/C10H11N3O/c1-12-6-4-9(11-12)7-13-5-2-3-10(13)8-14/h2-6,8H,7H2,1H3. The van der Waals surface area contributed by atoms with Gasteiger partial charge in [0.2, 0.25) is 0 Å². The van der Waals surface area contributed by atoms with E-state index in [1.807, 2.05) is 36.1 Å². The van der Waals surface area contributed by atoms with E-state index in [0.29, 0.717) is 12.2 Å². The number of rotatable bonds is 3. The molecule has 0 radical (unpaired) electrons. The second-order valence-electron chi connectivity index (χ2n) is 3.16. The van der Waals surface area contributed by atoms with Crippen molar-refractivity contribution < 1.29 is 4.79 Å². The Morgan fingerprint density at radius 3 is 2.93 bits per heavy atom. The Balaban J connectivity index is 2.22. The van der Waals surface area contributed by atoms with E-state index in [1.54, 1.807) is 10.7 Å². The summed E-state index contributed by atoms with van der Waals surface area (Å²) in [5, 5.41) is 4.24. The van der Waals surface area contributed by atoms with Crippen molar-refractivity contribution in [3.8, 4) is 0 Å². The van der Waals surface area contributed by atoms with Crippen LogP contribution in [0.2, 0.25) is 0 Å². The van der Waals surface area contributed by atoms with E-state index in [2.05, 4.69) is 5.10 Å². The van der Waals surface area contributed by atoms with Gasteiger partial charge in [-0.05, 0) is 18.2 Å². The highest BCUT2D eigenvalue weighted by Gasteiger charge is 2.01. The van der Waals surface area contributed by atoms with Crippen molar-refractivity contribution in [3.05, 3.63) is 42.0 Å². The zero-order valence-electron chi connectivity index (χ0n) is 7.92. The minimum absolute atomic E-state index is 0.641. The number of carbonyl (C=O) groups excluding carboxylic acids is 1. The molecule has 0 saturated carbocycles. The lowest BCUT2D eigenvalue weighted by molar-refractivity contribution is 0.111. The van der Waals surface area contributed by atoms with Crippen LogP contribution in [-0.2, 0) is 13.6 Å². The number of aromatic nitrogens is 3. The molecule has 4 nitrogen and oxygen atoms in total. The Bertz CT molecular complexity index is 442. The van der Waals surface area contributed by atoms with Crippen molar-refractivity contribution >= 4 is 6.29 Å². The molecule has 2 rings (SSSR count). The number of carbonyl (C=O) groups is 1. The molecular formula is C10H11N3O. The van der Waals surface area contributed by atoms with E-state index in [0.717, 1.165) is 12.0 Å². The van der Waals surface area contributed by atoms with Crippen LogP contribution < -0.4 is 0 Å². The van der Waals surface area contributed by atoms with Crippen LogP contribution >= 0.6 is 0 Å². The summed E-state index contributed by atoms with van der Waals surface area (Å²) in [5.41, 5.74) is 1.63. The monoisotopic (exact) mass is 189 g/mol. The van der Waals surface area contributed by atoms with Crippen LogP contribution in [0.4, 0.5) is 0 Å². The Labute approximate surface area is 81.8 Å². The number of nitrogens with zero attached hydrogens (tertiary/aromatic N) is 3. The number of aldehydes is 1. The van der Waals surface area contributed by atoms with Gasteiger partial charge < -0.3 is 4.57 Å². The quantitative estimate of drug-likeness (QED) is 0.678. The van der Waals surface area contributed by atoms with E-state index in [-0.39, 0.29) is 0 Å². The smallest absolute Gasteiger partial charge is 0.166 e. The van der Waals surface area contributed by atoms with Crippen LogP contribution in [0.15, 0.2) is 30.6 Å². The van der Waals surface area contributed by atoms with Crippen molar-refractivity contribution in [2.24, 2.45) is 7.05 Å². The van der Waals surface area contributed by atoms with E-state index in [4.69, 9.17) is 0 Å². The van der Waals surface area contributed by atoms with E-state index < -0.39 is 0 Å². The van der Waals surface area contributed by atoms with Crippen LogP contribution in [-0.4, -0.2) is 20.6 Å². The lowest BCUT2D eigenvalue weighted by atomic mass is 10.4. The predicted octanol–water partition coefficient (Wildman–Crippen LogP) is 1.08. The first-order chi connectivity index (χ1) is 6.79. The largest absolute Gasteiger partial charge is 0.339 e. The summed E-state index contributed by atoms with van der Waals surface area (Å²) < 4.78 is 3.62. The summed E-state index contributed by atoms with van der Waals surface area (Å²) in [4.78, 5) is 10.6. The van der Waals surface area contributed by atoms with Crippen molar-refractivity contribution in [2.45, 2.75) is 6.54 Å². The van der Waals surface area contributed by atoms with Crippen LogP contribution in [0.25, 0.3) is 0 Å². The normalized spacial score (nSPS) is 10.4. The van der Waals surface area contributed by atoms with Crippen LogP contribution in [0.3, 0.4) is 0 Å². The number of hydrogen-bond donors (Lipinski definition) is 0. The second-order valence-corrected chi connectivity index (χ2v) is 3.16. The summed E-state index contributed by atoms with van der Waals surface area (Å²) in [6.07, 6.45) is 4.61. The maximum Gasteiger partial charge on any atom is 0.166 e. The minimum Gasteiger partial charge on any atom is -0.339 e. The molecule has 0 unspecified atom stereocenters. The summed E-state index contributed by atoms with van der Waals surface area (Å²) in [6, 6.07) is 5.58. The average Bonchev–Trinajstić information content (AvgIpc) is 2.76. The van der Waals surface area contributed by atoms with Gasteiger partial charge >= 0.3 is 0 Å². The molecule has 0 aliphatic heterocycles. The molecule has 0 amide bonds. The van der Waals surface area contributed by atoms with E-state index >= 15 is 0 Å². The zero-order chi connectivity index (χ0) is 9.97. The van der Waals surface area contributed by atoms with Crippen molar-refractivity contribution in [3.63, 3.8) is 0 Å². The molecule has 2 aromatic heterocycles. The maximum atomic E-state index is 10.6. The van der Waals surface area contributed by atoms with Gasteiger partial charge in [0, 0.05) is 19.4 Å². The SMILES string of the molecule is Cn1ccc(Cn2cccc2C=O)n1. The van der Waals surface area contributed by atoms with Gasteiger partial charge in [-0.25, -0.2) is 0 Å². The summed E-state index contributed by atoms with van der Waals surface area (Å²) in [7, 11) is 1.87. The zero-order valence-corrected chi connectivity index (χ0v) is 7.92. The topological polar surface area (TPSA) is 39.8 Å². The fourth-order valence-electron chi connectivity index (χ4n) is 1.40. The van der Waals surface area contributed by atoms with Crippen LogP contribution in [0, 0.1) is 0 Å². The van der Waals surface area contributed by atoms with Gasteiger partial charge in [0.1, 0.15) is 0 Å². The number of aryl methyl sites for hydroxylation is 1. The Kier molecular flexibility index (Phi) is 2.18. The highest BCUT2D eigenvalue weighted by atomic mass is 16.1.